The molecule has 9 heteroatoms. The molecule has 1 saturated heterocycles. The van der Waals surface area contributed by atoms with Crippen LogP contribution < -0.4 is 0 Å². The summed E-state index contributed by atoms with van der Waals surface area (Å²) in [6.07, 6.45) is 1.95. The molecule has 6 nitrogen and oxygen atoms in total. The van der Waals surface area contributed by atoms with Gasteiger partial charge in [-0.2, -0.15) is 0 Å². The van der Waals surface area contributed by atoms with Gasteiger partial charge in [0.2, 0.25) is 0 Å². The quantitative estimate of drug-likeness (QED) is 0.448. The molecule has 0 amide bonds. The molecule has 3 rings (SSSR count). The third-order valence-corrected chi connectivity index (χ3v) is 3.41. The van der Waals surface area contributed by atoms with Crippen molar-refractivity contribution in [1.82, 2.24) is 14.5 Å². The van der Waals surface area contributed by atoms with Gasteiger partial charge < -0.3 is 19.5 Å². The Hall–Kier alpha value is 1.67. The van der Waals surface area contributed by atoms with E-state index in [1.54, 1.807) is 16.8 Å². The molecule has 20 heavy (non-hydrogen) atoms. The number of aliphatic hydroxyl groups excluding tert-OH is 2. The molecular weight excluding hydrogens is 712 g/mol. The summed E-state index contributed by atoms with van der Waals surface area (Å²) < 4.78 is 7.29. The van der Waals surface area contributed by atoms with Crippen LogP contribution in [0.4, 0.5) is 0 Å². The Balaban J connectivity index is 0.000001000. The molecule has 2 aromatic rings. The summed E-state index contributed by atoms with van der Waals surface area (Å²) >= 11 is 5.96. The van der Waals surface area contributed by atoms with Crippen molar-refractivity contribution in [3.8, 4) is 0 Å². The second kappa shape index (κ2) is 8.50. The standard InChI is InChI=1S/C11H12ClN3O3.2Ac/c12-9-7-1-2-15(10(7)14-5-13-9)11-8(17)3-6(4-16)18-11;;/h1-2,5-6,8,11,16-17H,3-4H2;;/t6-,8?,11+;;/m0../s1. The second-order valence-corrected chi connectivity index (χ2v) is 4.62. The number of hydrogen-bond donors (Lipinski definition) is 2. The summed E-state index contributed by atoms with van der Waals surface area (Å²) in [4.78, 5) is 8.04. The molecule has 0 aromatic carbocycles. The Morgan fingerprint density at radius 2 is 2.15 bits per heavy atom. The second-order valence-electron chi connectivity index (χ2n) is 4.26. The molecule has 2 radical (unpaired) electrons. The fraction of sp³-hybridized carbons (Fsp3) is 0.455. The number of nitrogens with zero attached hydrogens (tertiary/aromatic N) is 3. The average Bonchev–Trinajstić information content (AvgIpc) is 2.93. The van der Waals surface area contributed by atoms with Gasteiger partial charge in [-0.25, -0.2) is 9.97 Å². The molecule has 102 valence electrons. The largest absolute Gasteiger partial charge is 0.394 e. The minimum atomic E-state index is -0.675. The Bertz CT molecular complexity index is 583. The van der Waals surface area contributed by atoms with Crippen LogP contribution in [0.1, 0.15) is 12.6 Å². The molecule has 0 spiro atoms. The Labute approximate surface area is 192 Å². The summed E-state index contributed by atoms with van der Waals surface area (Å²) in [6.45, 7) is -0.109. The van der Waals surface area contributed by atoms with Crippen molar-refractivity contribution in [2.75, 3.05) is 6.61 Å². The van der Waals surface area contributed by atoms with Crippen LogP contribution in [0.15, 0.2) is 18.6 Å². The van der Waals surface area contributed by atoms with Crippen molar-refractivity contribution in [3.63, 3.8) is 0 Å². The van der Waals surface area contributed by atoms with Crippen molar-refractivity contribution in [2.45, 2.75) is 24.9 Å². The molecule has 1 aliphatic rings. The van der Waals surface area contributed by atoms with Gasteiger partial charge in [0.1, 0.15) is 23.2 Å². The zero-order valence-corrected chi connectivity index (χ0v) is 20.8. The minimum Gasteiger partial charge on any atom is -0.394 e. The third-order valence-electron chi connectivity index (χ3n) is 3.10. The smallest absolute Gasteiger partial charge is 0.161 e. The first-order chi connectivity index (χ1) is 8.70. The Morgan fingerprint density at radius 3 is 2.80 bits per heavy atom. The van der Waals surface area contributed by atoms with Crippen molar-refractivity contribution in [1.29, 1.82) is 0 Å². The molecule has 3 heterocycles. The fourth-order valence-electron chi connectivity index (χ4n) is 2.24. The van der Waals surface area contributed by atoms with E-state index in [9.17, 15) is 5.11 Å². The molecule has 1 unspecified atom stereocenters. The Morgan fingerprint density at radius 1 is 1.40 bits per heavy atom. The molecule has 3 atom stereocenters. The molecule has 0 aliphatic carbocycles. The van der Waals surface area contributed by atoms with Gasteiger partial charge in [0.05, 0.1) is 18.1 Å². The molecule has 2 aromatic heterocycles. The maximum Gasteiger partial charge on any atom is 0.161 e. The summed E-state index contributed by atoms with van der Waals surface area (Å²) in [5, 5.41) is 20.1. The zero-order valence-electron chi connectivity index (χ0n) is 10.6. The van der Waals surface area contributed by atoms with E-state index in [4.69, 9.17) is 21.4 Å². The fourth-order valence-corrected chi connectivity index (χ4v) is 2.43. The molecule has 0 bridgehead atoms. The summed E-state index contributed by atoms with van der Waals surface area (Å²) in [6, 6.07) is 1.78. The molecular formula is C11H12Ac2ClN3O3. The maximum atomic E-state index is 9.96. The SMILES string of the molecule is OC[C@@H]1CC(O)[C@H](n2ccc3c(Cl)ncnc32)O1.[Ac].[Ac]. The van der Waals surface area contributed by atoms with Crippen molar-refractivity contribution < 1.29 is 103 Å². The van der Waals surface area contributed by atoms with Crippen LogP contribution in [0.25, 0.3) is 11.0 Å². The molecule has 2 N–H and O–H groups in total. The minimum absolute atomic E-state index is 0. The normalized spacial score (nSPS) is 25.2. The molecule has 0 saturated carbocycles. The first kappa shape index (κ1) is 19.7. The van der Waals surface area contributed by atoms with Crippen molar-refractivity contribution >= 4 is 22.6 Å². The van der Waals surface area contributed by atoms with E-state index < -0.39 is 12.3 Å². The molecule has 1 aliphatic heterocycles. The first-order valence-corrected chi connectivity index (χ1v) is 6.00. The van der Waals surface area contributed by atoms with E-state index in [2.05, 4.69) is 9.97 Å². The van der Waals surface area contributed by atoms with Gasteiger partial charge in [0.25, 0.3) is 0 Å². The maximum absolute atomic E-state index is 9.96. The number of aliphatic hydroxyl groups is 2. The number of hydrogen-bond acceptors (Lipinski definition) is 5. The van der Waals surface area contributed by atoms with Crippen molar-refractivity contribution in [2.24, 2.45) is 0 Å². The van der Waals surface area contributed by atoms with Crippen LogP contribution in [0, 0.1) is 88.1 Å². The van der Waals surface area contributed by atoms with Gasteiger partial charge in [-0.1, -0.05) is 11.6 Å². The monoisotopic (exact) mass is 723 g/mol. The van der Waals surface area contributed by atoms with Gasteiger partial charge in [-0.15, -0.1) is 0 Å². The van der Waals surface area contributed by atoms with E-state index in [0.29, 0.717) is 22.6 Å². The van der Waals surface area contributed by atoms with Crippen LogP contribution in [0.2, 0.25) is 5.15 Å². The van der Waals surface area contributed by atoms with Crippen LogP contribution in [-0.2, 0) is 4.74 Å². The number of rotatable bonds is 2. The predicted molar refractivity (Wildman–Crippen MR) is 64.2 cm³/mol. The zero-order chi connectivity index (χ0) is 12.7. The van der Waals surface area contributed by atoms with Gasteiger partial charge in [-0.3, -0.25) is 0 Å². The topological polar surface area (TPSA) is 80.4 Å². The summed E-state index contributed by atoms with van der Waals surface area (Å²) in [5.41, 5.74) is 0.609. The third kappa shape index (κ3) is 3.77. The van der Waals surface area contributed by atoms with Gasteiger partial charge in [0.15, 0.2) is 6.23 Å². The van der Waals surface area contributed by atoms with Gasteiger partial charge >= 0.3 is 0 Å². The summed E-state index contributed by atoms with van der Waals surface area (Å²) in [5.74, 6) is 0. The van der Waals surface area contributed by atoms with E-state index in [1.807, 2.05) is 0 Å². The van der Waals surface area contributed by atoms with E-state index in [0.717, 1.165) is 0 Å². The number of aromatic nitrogens is 3. The number of ether oxygens (including phenoxy) is 1. The van der Waals surface area contributed by atoms with Gasteiger partial charge in [-0.05, 0) is 6.07 Å². The van der Waals surface area contributed by atoms with E-state index in [1.165, 1.54) is 6.33 Å². The predicted octanol–water partition coefficient (Wildman–Crippen LogP) is 0.725. The van der Waals surface area contributed by atoms with Crippen LogP contribution in [0.5, 0.6) is 0 Å². The Kier molecular flexibility index (Phi) is 8.38. The first-order valence-electron chi connectivity index (χ1n) is 5.62. The molecule has 1 fully saturated rings. The van der Waals surface area contributed by atoms with Crippen molar-refractivity contribution in [3.05, 3.63) is 23.7 Å². The number of halogens is 1. The summed E-state index contributed by atoms with van der Waals surface area (Å²) in [7, 11) is 0. The van der Waals surface area contributed by atoms with E-state index >= 15 is 0 Å². The van der Waals surface area contributed by atoms with E-state index in [-0.39, 0.29) is 101 Å². The van der Waals surface area contributed by atoms with Crippen LogP contribution >= 0.6 is 11.6 Å². The number of fused-ring (bicyclic) bond motifs is 1. The van der Waals surface area contributed by atoms with Crippen LogP contribution in [0.3, 0.4) is 0 Å². The van der Waals surface area contributed by atoms with Gasteiger partial charge in [0, 0.05) is 101 Å². The van der Waals surface area contributed by atoms with Crippen LogP contribution in [-0.4, -0.2) is 43.6 Å². The average molecular weight is 724 g/mol.